The Morgan fingerprint density at radius 1 is 0.889 bits per heavy atom. The SMILES string of the molecule is CN(C)[C@@H](C(=O)N1CCC[C@H]1c1ncc(-c2cnc([C@@H]3CCCN3C(=O)C3CN(C(=O)OC(C)(C)C)C3)[nH]2)[nH]1)c1ccccc1. The zero-order valence-corrected chi connectivity index (χ0v) is 26.8. The number of aromatic amines is 2. The molecule has 5 heterocycles. The number of nitrogens with one attached hydrogen (secondary N) is 2. The molecule has 3 atom stereocenters. The van der Waals surface area contributed by atoms with Gasteiger partial charge < -0.3 is 29.4 Å². The molecule has 3 aromatic rings. The van der Waals surface area contributed by atoms with Crippen molar-refractivity contribution < 1.29 is 19.1 Å². The van der Waals surface area contributed by atoms with Gasteiger partial charge in [-0.25, -0.2) is 14.8 Å². The summed E-state index contributed by atoms with van der Waals surface area (Å²) in [4.78, 5) is 63.2. The van der Waals surface area contributed by atoms with E-state index in [0.717, 1.165) is 54.3 Å². The molecule has 12 heteroatoms. The van der Waals surface area contributed by atoms with Crippen molar-refractivity contribution in [2.75, 3.05) is 40.3 Å². The van der Waals surface area contributed by atoms with Crippen LogP contribution in [-0.2, 0) is 14.3 Å². The normalized spacial score (nSPS) is 21.3. The van der Waals surface area contributed by atoms with Gasteiger partial charge in [0.25, 0.3) is 0 Å². The molecule has 6 rings (SSSR count). The zero-order valence-electron chi connectivity index (χ0n) is 26.8. The Kier molecular flexibility index (Phi) is 8.43. The maximum absolute atomic E-state index is 13.8. The minimum atomic E-state index is -0.565. The zero-order chi connectivity index (χ0) is 31.9. The van der Waals surface area contributed by atoms with Gasteiger partial charge in [0.1, 0.15) is 23.3 Å². The number of aromatic nitrogens is 4. The lowest BCUT2D eigenvalue weighted by Crippen LogP contribution is -2.57. The molecule has 0 unspecified atom stereocenters. The molecular formula is C33H44N8O4. The number of hydrogen-bond donors (Lipinski definition) is 2. The summed E-state index contributed by atoms with van der Waals surface area (Å²) in [5.41, 5.74) is 1.98. The maximum Gasteiger partial charge on any atom is 0.410 e. The van der Waals surface area contributed by atoms with Gasteiger partial charge in [0.2, 0.25) is 11.8 Å². The first-order chi connectivity index (χ1) is 21.5. The first-order valence-corrected chi connectivity index (χ1v) is 15.9. The van der Waals surface area contributed by atoms with Crippen molar-refractivity contribution in [2.45, 2.75) is 70.2 Å². The third-order valence-corrected chi connectivity index (χ3v) is 8.93. The number of hydrogen-bond acceptors (Lipinski definition) is 7. The fourth-order valence-corrected chi connectivity index (χ4v) is 6.71. The quantitative estimate of drug-likeness (QED) is 0.405. The fraction of sp³-hybridized carbons (Fsp3) is 0.545. The van der Waals surface area contributed by atoms with Gasteiger partial charge in [-0.05, 0) is 66.1 Å². The Morgan fingerprint density at radius 2 is 1.44 bits per heavy atom. The van der Waals surface area contributed by atoms with E-state index >= 15 is 0 Å². The van der Waals surface area contributed by atoms with E-state index in [2.05, 4.69) is 15.0 Å². The summed E-state index contributed by atoms with van der Waals surface area (Å²) in [6.07, 6.45) is 6.65. The van der Waals surface area contributed by atoms with Gasteiger partial charge in [-0.1, -0.05) is 30.3 Å². The molecule has 0 saturated carbocycles. The topological polar surface area (TPSA) is 131 Å². The van der Waals surface area contributed by atoms with E-state index in [-0.39, 0.29) is 42.0 Å². The summed E-state index contributed by atoms with van der Waals surface area (Å²) >= 11 is 0. The van der Waals surface area contributed by atoms with Crippen LogP contribution in [0.4, 0.5) is 4.79 Å². The molecule has 240 valence electrons. The van der Waals surface area contributed by atoms with Gasteiger partial charge in [-0.3, -0.25) is 14.5 Å². The summed E-state index contributed by atoms with van der Waals surface area (Å²) in [7, 11) is 3.87. The number of carbonyl (C=O) groups excluding carboxylic acids is 3. The van der Waals surface area contributed by atoms with Crippen molar-refractivity contribution in [3.63, 3.8) is 0 Å². The van der Waals surface area contributed by atoms with Crippen LogP contribution in [0.2, 0.25) is 0 Å². The summed E-state index contributed by atoms with van der Waals surface area (Å²) in [6, 6.07) is 9.24. The molecule has 3 aliphatic heterocycles. The molecular weight excluding hydrogens is 572 g/mol. The second-order valence-electron chi connectivity index (χ2n) is 13.6. The van der Waals surface area contributed by atoms with E-state index in [1.807, 2.05) is 79.9 Å². The Labute approximate surface area is 264 Å². The number of rotatable bonds is 7. The summed E-state index contributed by atoms with van der Waals surface area (Å²) < 4.78 is 5.44. The van der Waals surface area contributed by atoms with E-state index in [9.17, 15) is 14.4 Å². The minimum Gasteiger partial charge on any atom is -0.444 e. The predicted octanol–water partition coefficient (Wildman–Crippen LogP) is 4.30. The molecule has 1 aromatic carbocycles. The van der Waals surface area contributed by atoms with Crippen LogP contribution < -0.4 is 0 Å². The molecule has 3 aliphatic rings. The number of H-pyrrole nitrogens is 2. The summed E-state index contributed by atoms with van der Waals surface area (Å²) in [6.45, 7) is 7.61. The molecule has 12 nitrogen and oxygen atoms in total. The lowest BCUT2D eigenvalue weighted by Gasteiger charge is -2.41. The number of amides is 3. The first kappa shape index (κ1) is 30.8. The molecule has 0 spiro atoms. The monoisotopic (exact) mass is 616 g/mol. The van der Waals surface area contributed by atoms with E-state index in [1.54, 1.807) is 17.3 Å². The summed E-state index contributed by atoms with van der Waals surface area (Å²) in [5, 5.41) is 0. The number of nitrogens with zero attached hydrogens (tertiary/aromatic N) is 6. The number of benzene rings is 1. The third kappa shape index (κ3) is 6.33. The largest absolute Gasteiger partial charge is 0.444 e. The predicted molar refractivity (Wildman–Crippen MR) is 168 cm³/mol. The number of likely N-dealkylation sites (tertiary alicyclic amines) is 3. The first-order valence-electron chi connectivity index (χ1n) is 15.9. The molecule has 3 fully saturated rings. The molecule has 45 heavy (non-hydrogen) atoms. The molecule has 2 aromatic heterocycles. The van der Waals surface area contributed by atoms with Crippen molar-refractivity contribution >= 4 is 17.9 Å². The average Bonchev–Trinajstić information content (AvgIpc) is 3.76. The van der Waals surface area contributed by atoms with Gasteiger partial charge in [0, 0.05) is 26.2 Å². The van der Waals surface area contributed by atoms with E-state index < -0.39 is 5.60 Å². The van der Waals surface area contributed by atoms with Gasteiger partial charge in [-0.15, -0.1) is 0 Å². The molecule has 3 amide bonds. The fourth-order valence-electron chi connectivity index (χ4n) is 6.71. The molecule has 0 bridgehead atoms. The third-order valence-electron chi connectivity index (χ3n) is 8.93. The highest BCUT2D eigenvalue weighted by Crippen LogP contribution is 2.36. The second kappa shape index (κ2) is 12.3. The van der Waals surface area contributed by atoms with Gasteiger partial charge in [0.15, 0.2) is 0 Å². The van der Waals surface area contributed by atoms with Gasteiger partial charge >= 0.3 is 6.09 Å². The highest BCUT2D eigenvalue weighted by Gasteiger charge is 2.43. The highest BCUT2D eigenvalue weighted by atomic mass is 16.6. The van der Waals surface area contributed by atoms with Crippen molar-refractivity contribution in [3.8, 4) is 11.4 Å². The van der Waals surface area contributed by atoms with Crippen LogP contribution in [0.25, 0.3) is 11.4 Å². The number of likely N-dealkylation sites (N-methyl/N-ethyl adjacent to an activating group) is 1. The number of imidazole rings is 2. The van der Waals surface area contributed by atoms with Crippen LogP contribution in [0.15, 0.2) is 42.7 Å². The van der Waals surface area contributed by atoms with Gasteiger partial charge in [0.05, 0.1) is 41.8 Å². The second-order valence-corrected chi connectivity index (χ2v) is 13.6. The number of carbonyl (C=O) groups is 3. The highest BCUT2D eigenvalue weighted by molar-refractivity contribution is 5.84. The Balaban J connectivity index is 1.11. The van der Waals surface area contributed by atoms with Crippen LogP contribution in [-0.4, -0.2) is 103 Å². The lowest BCUT2D eigenvalue weighted by molar-refractivity contribution is -0.141. The van der Waals surface area contributed by atoms with Crippen LogP contribution in [0.5, 0.6) is 0 Å². The van der Waals surface area contributed by atoms with Crippen LogP contribution >= 0.6 is 0 Å². The van der Waals surface area contributed by atoms with E-state index in [1.165, 1.54) is 0 Å². The Bertz CT molecular complexity index is 1520. The average molecular weight is 617 g/mol. The van der Waals surface area contributed by atoms with E-state index in [4.69, 9.17) is 9.72 Å². The molecule has 0 aliphatic carbocycles. The van der Waals surface area contributed by atoms with E-state index in [0.29, 0.717) is 26.2 Å². The number of ether oxygens (including phenoxy) is 1. The molecule has 0 radical (unpaired) electrons. The summed E-state index contributed by atoms with van der Waals surface area (Å²) in [5.74, 6) is 1.40. The molecule has 3 saturated heterocycles. The van der Waals surface area contributed by atoms with Crippen LogP contribution in [0.1, 0.15) is 81.8 Å². The maximum atomic E-state index is 13.8. The van der Waals surface area contributed by atoms with Gasteiger partial charge in [-0.2, -0.15) is 0 Å². The molecule has 2 N–H and O–H groups in total. The van der Waals surface area contributed by atoms with Crippen molar-refractivity contribution in [2.24, 2.45) is 5.92 Å². The Hall–Kier alpha value is -4.19. The lowest BCUT2D eigenvalue weighted by atomic mass is 9.98. The smallest absolute Gasteiger partial charge is 0.410 e. The van der Waals surface area contributed by atoms with Crippen LogP contribution in [0.3, 0.4) is 0 Å². The minimum absolute atomic E-state index is 0.0524. The van der Waals surface area contributed by atoms with Crippen molar-refractivity contribution in [1.29, 1.82) is 0 Å². The standard InChI is InChI=1S/C33H44N8O4/c1-33(2,3)45-32(44)39-19-22(20-39)30(42)40-15-9-13-25(40)28-34-17-23(36-28)24-18-35-29(37-24)26-14-10-16-41(26)31(43)27(38(4)5)21-11-7-6-8-12-21/h6-8,11-12,17-18,22,25-27H,9-10,13-16,19-20H2,1-5H3,(H,34,36)(H,35,37)/t25-,26-,27+/m0/s1. The Morgan fingerprint density at radius 3 is 2.00 bits per heavy atom. The van der Waals surface area contributed by atoms with Crippen molar-refractivity contribution in [1.82, 2.24) is 39.5 Å². The van der Waals surface area contributed by atoms with Crippen molar-refractivity contribution in [3.05, 3.63) is 59.9 Å². The van der Waals surface area contributed by atoms with Crippen LogP contribution in [0, 0.1) is 5.92 Å².